The van der Waals surface area contributed by atoms with Gasteiger partial charge >= 0.3 is 0 Å². The maximum Gasteiger partial charge on any atom is 0.0878 e. The third-order valence-corrected chi connectivity index (χ3v) is 5.93. The molecule has 2 bridgehead atoms. The van der Waals surface area contributed by atoms with Gasteiger partial charge in [-0.3, -0.25) is 0 Å². The van der Waals surface area contributed by atoms with Gasteiger partial charge in [-0.05, 0) is 47.3 Å². The summed E-state index contributed by atoms with van der Waals surface area (Å²) in [4.78, 5) is 0. The summed E-state index contributed by atoms with van der Waals surface area (Å²) in [5.74, 6) is 9.47. The molecule has 10 atom stereocenters. The summed E-state index contributed by atoms with van der Waals surface area (Å²) in [6.07, 6.45) is 1.58. The minimum absolute atomic E-state index is 0.792. The molecule has 0 amide bonds. The molecular formula is C10H10O. The Morgan fingerprint density at radius 1 is 0.455 bits per heavy atom. The fourth-order valence-electron chi connectivity index (χ4n) is 5.99. The van der Waals surface area contributed by atoms with Gasteiger partial charge < -0.3 is 4.74 Å². The van der Waals surface area contributed by atoms with E-state index in [1.807, 2.05) is 0 Å². The van der Waals surface area contributed by atoms with Crippen LogP contribution in [0.15, 0.2) is 0 Å². The second kappa shape index (κ2) is 0.834. The van der Waals surface area contributed by atoms with Gasteiger partial charge in [0.25, 0.3) is 0 Å². The molecule has 6 aliphatic carbocycles. The van der Waals surface area contributed by atoms with Crippen LogP contribution in [-0.2, 0) is 4.74 Å². The molecule has 1 aliphatic heterocycles. The zero-order valence-electron chi connectivity index (χ0n) is 6.18. The van der Waals surface area contributed by atoms with Gasteiger partial charge in [0.05, 0.1) is 12.2 Å². The molecule has 0 spiro atoms. The van der Waals surface area contributed by atoms with Gasteiger partial charge in [-0.25, -0.2) is 0 Å². The van der Waals surface area contributed by atoms with Gasteiger partial charge in [0.15, 0.2) is 0 Å². The molecule has 6 unspecified atom stereocenters. The highest BCUT2D eigenvalue weighted by atomic mass is 16.6. The summed E-state index contributed by atoms with van der Waals surface area (Å²) in [6.45, 7) is 0. The summed E-state index contributed by atoms with van der Waals surface area (Å²) >= 11 is 0. The quantitative estimate of drug-likeness (QED) is 0.459. The van der Waals surface area contributed by atoms with Crippen LogP contribution in [-0.4, -0.2) is 12.2 Å². The second-order valence-corrected chi connectivity index (χ2v) is 5.68. The van der Waals surface area contributed by atoms with Crippen molar-refractivity contribution in [3.8, 4) is 0 Å². The standard InChI is InChI=1S/C10H10O/c11-9-7-3-1-2-5(7)6(2)8(4(1)3)10(9)11/h1-10H/t1?,2?,3-,4+,5+,6-,7?,8?,9?,10?. The van der Waals surface area contributed by atoms with Gasteiger partial charge in [-0.1, -0.05) is 0 Å². The van der Waals surface area contributed by atoms with E-state index in [1.54, 1.807) is 0 Å². The highest BCUT2D eigenvalue weighted by molar-refractivity contribution is 5.40. The average molecular weight is 146 g/mol. The Kier molecular flexibility index (Phi) is 0.324. The molecule has 7 aliphatic rings. The molecule has 56 valence electrons. The van der Waals surface area contributed by atoms with Crippen molar-refractivity contribution in [3.05, 3.63) is 0 Å². The molecule has 0 aromatic rings. The van der Waals surface area contributed by atoms with Gasteiger partial charge in [0.2, 0.25) is 0 Å². The number of ether oxygens (including phenoxy) is 1. The fourth-order valence-corrected chi connectivity index (χ4v) is 5.99. The Balaban J connectivity index is 1.81. The zero-order valence-corrected chi connectivity index (χ0v) is 6.18. The highest BCUT2D eigenvalue weighted by Crippen LogP contribution is 2.93. The molecule has 1 heterocycles. The monoisotopic (exact) mass is 146 g/mol. The lowest BCUT2D eigenvalue weighted by molar-refractivity contribution is 0.186. The van der Waals surface area contributed by atoms with Crippen molar-refractivity contribution < 1.29 is 4.74 Å². The molecule has 7 fully saturated rings. The van der Waals surface area contributed by atoms with E-state index in [0.29, 0.717) is 0 Å². The smallest absolute Gasteiger partial charge is 0.0878 e. The van der Waals surface area contributed by atoms with E-state index in [-0.39, 0.29) is 0 Å². The summed E-state index contributed by atoms with van der Waals surface area (Å²) in [5.41, 5.74) is 0. The lowest BCUT2D eigenvalue weighted by Crippen LogP contribution is -2.35. The SMILES string of the molecule is O1C2C1C1[C@@H]3C4C5[C@@H](C2[C@@H]43)[C@@H]15. The van der Waals surface area contributed by atoms with Crippen molar-refractivity contribution in [3.63, 3.8) is 0 Å². The number of hydrogen-bond acceptors (Lipinski definition) is 1. The van der Waals surface area contributed by atoms with E-state index in [2.05, 4.69) is 0 Å². The summed E-state index contributed by atoms with van der Waals surface area (Å²) in [7, 11) is 0. The minimum atomic E-state index is 0.792. The van der Waals surface area contributed by atoms with Gasteiger partial charge in [0, 0.05) is 0 Å². The first-order chi connectivity index (χ1) is 5.48. The molecule has 0 radical (unpaired) electrons. The predicted octanol–water partition coefficient (Wildman–Crippen LogP) is 0.751. The summed E-state index contributed by atoms with van der Waals surface area (Å²) < 4.78 is 5.78. The van der Waals surface area contributed by atoms with Crippen LogP contribution in [0.2, 0.25) is 0 Å². The Morgan fingerprint density at radius 3 is 1.27 bits per heavy atom. The first kappa shape index (κ1) is 4.27. The van der Waals surface area contributed by atoms with Crippen LogP contribution in [0.3, 0.4) is 0 Å². The maximum atomic E-state index is 5.78. The Hall–Kier alpha value is -0.0400. The fraction of sp³-hybridized carbons (Fsp3) is 1.00. The summed E-state index contributed by atoms with van der Waals surface area (Å²) in [5, 5.41) is 0. The molecule has 6 saturated carbocycles. The Labute approximate surface area is 65.1 Å². The molecule has 1 nitrogen and oxygen atoms in total. The predicted molar refractivity (Wildman–Crippen MR) is 36.6 cm³/mol. The molecule has 1 saturated heterocycles. The number of epoxide rings is 1. The van der Waals surface area contributed by atoms with E-state index in [4.69, 9.17) is 4.74 Å². The second-order valence-electron chi connectivity index (χ2n) is 5.68. The van der Waals surface area contributed by atoms with Crippen molar-refractivity contribution in [2.45, 2.75) is 12.2 Å². The van der Waals surface area contributed by atoms with Crippen molar-refractivity contribution in [2.24, 2.45) is 47.3 Å². The van der Waals surface area contributed by atoms with Crippen LogP contribution in [0.1, 0.15) is 0 Å². The normalized spacial score (nSPS) is 100. The lowest BCUT2D eigenvalue weighted by Gasteiger charge is -2.30. The Morgan fingerprint density at radius 2 is 0.818 bits per heavy atom. The minimum Gasteiger partial charge on any atom is -0.369 e. The third kappa shape index (κ3) is 0.217. The Bertz CT molecular complexity index is 262. The van der Waals surface area contributed by atoms with Crippen LogP contribution < -0.4 is 0 Å². The highest BCUT2D eigenvalue weighted by Gasteiger charge is 2.94. The summed E-state index contributed by atoms with van der Waals surface area (Å²) in [6, 6.07) is 0. The first-order valence-corrected chi connectivity index (χ1v) is 5.14. The van der Waals surface area contributed by atoms with Crippen LogP contribution in [0.25, 0.3) is 0 Å². The van der Waals surface area contributed by atoms with E-state index in [9.17, 15) is 0 Å². The van der Waals surface area contributed by atoms with Crippen molar-refractivity contribution in [1.29, 1.82) is 0 Å². The van der Waals surface area contributed by atoms with Crippen LogP contribution in [0.4, 0.5) is 0 Å². The van der Waals surface area contributed by atoms with Crippen LogP contribution in [0.5, 0.6) is 0 Å². The first-order valence-electron chi connectivity index (χ1n) is 5.14. The number of rotatable bonds is 0. The average Bonchev–Trinajstić information content (AvgIpc) is 2.82. The van der Waals surface area contributed by atoms with Crippen molar-refractivity contribution in [2.75, 3.05) is 0 Å². The van der Waals surface area contributed by atoms with E-state index in [1.165, 1.54) is 35.5 Å². The van der Waals surface area contributed by atoms with E-state index >= 15 is 0 Å². The zero-order chi connectivity index (χ0) is 6.48. The van der Waals surface area contributed by atoms with Gasteiger partial charge in [-0.2, -0.15) is 0 Å². The molecule has 0 aromatic heterocycles. The maximum absolute atomic E-state index is 5.78. The molecule has 0 aromatic carbocycles. The van der Waals surface area contributed by atoms with E-state index < -0.39 is 0 Å². The molecular weight excluding hydrogens is 136 g/mol. The van der Waals surface area contributed by atoms with Gasteiger partial charge in [0.1, 0.15) is 0 Å². The topological polar surface area (TPSA) is 12.5 Å². The molecule has 7 rings (SSSR count). The van der Waals surface area contributed by atoms with E-state index in [0.717, 1.165) is 24.0 Å². The van der Waals surface area contributed by atoms with Crippen molar-refractivity contribution in [1.82, 2.24) is 0 Å². The lowest BCUT2D eigenvalue weighted by atomic mass is 9.71. The number of hydrogen-bond donors (Lipinski definition) is 0. The van der Waals surface area contributed by atoms with Crippen LogP contribution in [0, 0.1) is 47.3 Å². The van der Waals surface area contributed by atoms with Crippen molar-refractivity contribution >= 4 is 0 Å². The van der Waals surface area contributed by atoms with Crippen LogP contribution >= 0.6 is 0 Å². The largest absolute Gasteiger partial charge is 0.369 e. The third-order valence-electron chi connectivity index (χ3n) is 5.93. The van der Waals surface area contributed by atoms with Gasteiger partial charge in [-0.15, -0.1) is 0 Å². The molecule has 11 heavy (non-hydrogen) atoms. The molecule has 1 heteroatoms. The molecule has 0 N–H and O–H groups in total.